The maximum absolute atomic E-state index is 14.6. The lowest BCUT2D eigenvalue weighted by molar-refractivity contribution is -0.134. The molecule has 2 bridgehead atoms. The average Bonchev–Trinajstić information content (AvgIpc) is 3.06. The number of hydrogen-bond donors (Lipinski definition) is 0. The number of carbonyl (C=O) groups excluding carboxylic acids is 1. The number of hydrogen-bond acceptors (Lipinski definition) is 6. The van der Waals surface area contributed by atoms with Crippen LogP contribution in [0.5, 0.6) is 5.88 Å². The van der Waals surface area contributed by atoms with E-state index in [1.807, 2.05) is 12.1 Å². The molecule has 0 radical (unpaired) electrons. The van der Waals surface area contributed by atoms with Gasteiger partial charge in [-0.25, -0.2) is 18.7 Å². The van der Waals surface area contributed by atoms with E-state index in [9.17, 15) is 13.6 Å². The number of fused-ring (bicyclic) bond motifs is 2. The minimum absolute atomic E-state index is 0.113. The second-order valence-electron chi connectivity index (χ2n) is 7.89. The van der Waals surface area contributed by atoms with Crippen molar-refractivity contribution in [2.75, 3.05) is 25.1 Å². The number of pyridine rings is 2. The van der Waals surface area contributed by atoms with Gasteiger partial charge in [-0.05, 0) is 31.0 Å². The summed E-state index contributed by atoms with van der Waals surface area (Å²) < 4.78 is 34.2. The number of anilines is 1. The Morgan fingerprint density at radius 3 is 2.61 bits per heavy atom. The molecule has 2 saturated heterocycles. The van der Waals surface area contributed by atoms with Crippen LogP contribution in [0.2, 0.25) is 0 Å². The van der Waals surface area contributed by atoms with Crippen LogP contribution in [0.4, 0.5) is 14.5 Å². The zero-order valence-corrected chi connectivity index (χ0v) is 17.2. The number of nitrogens with zero attached hydrogens (tertiary/aromatic N) is 5. The second kappa shape index (κ2) is 8.46. The number of methoxy groups -OCH3 is 1. The van der Waals surface area contributed by atoms with Gasteiger partial charge in [0, 0.05) is 67.7 Å². The summed E-state index contributed by atoms with van der Waals surface area (Å²) in [4.78, 5) is 24.6. The predicted molar refractivity (Wildman–Crippen MR) is 109 cm³/mol. The fourth-order valence-electron chi connectivity index (χ4n) is 4.48. The summed E-state index contributed by atoms with van der Waals surface area (Å²) in [7, 11) is 1.37. The normalized spacial score (nSPS) is 20.5. The van der Waals surface area contributed by atoms with Crippen molar-refractivity contribution < 1.29 is 18.3 Å². The third-order valence-electron chi connectivity index (χ3n) is 6.01. The Hall–Kier alpha value is -3.28. The third-order valence-corrected chi connectivity index (χ3v) is 6.01. The predicted octanol–water partition coefficient (Wildman–Crippen LogP) is 3.11. The monoisotopic (exact) mass is 427 g/mol. The van der Waals surface area contributed by atoms with Crippen LogP contribution in [0.15, 0.2) is 36.7 Å². The number of amides is 1. The summed E-state index contributed by atoms with van der Waals surface area (Å²) in [5, 5.41) is 9.10. The van der Waals surface area contributed by atoms with Crippen molar-refractivity contribution in [3.63, 3.8) is 0 Å². The molecule has 0 N–H and O–H groups in total. The first-order valence-corrected chi connectivity index (χ1v) is 10.2. The highest BCUT2D eigenvalue weighted by atomic mass is 19.3. The molecule has 4 heterocycles. The van der Waals surface area contributed by atoms with E-state index in [2.05, 4.69) is 14.9 Å². The zero-order chi connectivity index (χ0) is 22.0. The van der Waals surface area contributed by atoms with E-state index < -0.39 is 12.3 Å². The number of aromatic nitrogens is 2. The Kier molecular flexibility index (Phi) is 5.72. The first-order valence-electron chi connectivity index (χ1n) is 10.2. The first-order chi connectivity index (χ1) is 14.9. The number of rotatable bonds is 6. The fourth-order valence-corrected chi connectivity index (χ4v) is 4.48. The lowest BCUT2D eigenvalue weighted by Gasteiger charge is -2.42. The van der Waals surface area contributed by atoms with Gasteiger partial charge >= 0.3 is 0 Å². The van der Waals surface area contributed by atoms with Crippen molar-refractivity contribution in [3.8, 4) is 11.9 Å². The van der Waals surface area contributed by atoms with Gasteiger partial charge in [0.05, 0.1) is 7.11 Å². The Labute approximate surface area is 179 Å². The molecular formula is C22H23F2N5O2. The molecule has 2 aliphatic heterocycles. The summed E-state index contributed by atoms with van der Waals surface area (Å²) in [6.07, 6.45) is 3.94. The van der Waals surface area contributed by atoms with E-state index in [0.29, 0.717) is 18.8 Å². The zero-order valence-electron chi connectivity index (χ0n) is 17.2. The number of nitriles is 1. The minimum Gasteiger partial charge on any atom is -0.481 e. The van der Waals surface area contributed by atoms with Gasteiger partial charge < -0.3 is 14.5 Å². The third kappa shape index (κ3) is 4.29. The van der Waals surface area contributed by atoms with Gasteiger partial charge in [0.2, 0.25) is 11.8 Å². The Bertz CT molecular complexity index is 995. The van der Waals surface area contributed by atoms with Crippen molar-refractivity contribution >= 4 is 11.6 Å². The minimum atomic E-state index is -3.14. The number of piperazine rings is 1. The largest absolute Gasteiger partial charge is 0.481 e. The van der Waals surface area contributed by atoms with Gasteiger partial charge in [0.15, 0.2) is 0 Å². The second-order valence-corrected chi connectivity index (χ2v) is 7.89. The van der Waals surface area contributed by atoms with E-state index in [-0.39, 0.29) is 35.9 Å². The molecule has 4 rings (SSSR count). The van der Waals surface area contributed by atoms with Crippen LogP contribution in [0, 0.1) is 11.3 Å². The molecular weight excluding hydrogens is 404 g/mol. The smallest absolute Gasteiger partial charge is 0.274 e. The molecule has 2 fully saturated rings. The van der Waals surface area contributed by atoms with Crippen molar-refractivity contribution in [1.82, 2.24) is 14.9 Å². The van der Waals surface area contributed by atoms with Gasteiger partial charge in [-0.1, -0.05) is 0 Å². The van der Waals surface area contributed by atoms with Crippen molar-refractivity contribution in [2.24, 2.45) is 0 Å². The van der Waals surface area contributed by atoms with Gasteiger partial charge in [-0.3, -0.25) is 4.79 Å². The van der Waals surface area contributed by atoms with E-state index >= 15 is 0 Å². The molecule has 1 amide bonds. The molecule has 2 aliphatic rings. The maximum Gasteiger partial charge on any atom is 0.274 e. The molecule has 31 heavy (non-hydrogen) atoms. The first kappa shape index (κ1) is 21.0. The SMILES string of the molecule is COc1cc(C(F)(F)CCC(=O)N2CC3CC[C@@H](C2)N3c2ccnc(C#N)c2)ccn1. The number of carbonyl (C=O) groups is 1. The molecule has 2 atom stereocenters. The topological polar surface area (TPSA) is 82.4 Å². The number of likely N-dealkylation sites (tertiary alicyclic amines) is 1. The maximum atomic E-state index is 14.6. The van der Waals surface area contributed by atoms with Crippen molar-refractivity contribution in [2.45, 2.75) is 43.7 Å². The Balaban J connectivity index is 1.39. The molecule has 0 spiro atoms. The molecule has 7 nitrogen and oxygen atoms in total. The van der Waals surface area contributed by atoms with Crippen LogP contribution in [0.25, 0.3) is 0 Å². The summed E-state index contributed by atoms with van der Waals surface area (Å²) in [5.74, 6) is -3.28. The van der Waals surface area contributed by atoms with E-state index in [4.69, 9.17) is 10.00 Å². The molecule has 0 aromatic carbocycles. The standard InChI is InChI=1S/C22H23F2N5O2/c1-31-20-10-15(5-8-27-20)22(23,24)7-4-21(30)28-13-18-2-3-19(14-28)29(18)17-6-9-26-16(11-17)12-25/h5-6,8-11,18-19H,2-4,7,13-14H2,1H3/t18-,19?/m0/s1. The Morgan fingerprint density at radius 1 is 1.23 bits per heavy atom. The van der Waals surface area contributed by atoms with Crippen molar-refractivity contribution in [3.05, 3.63) is 47.9 Å². The molecule has 2 aromatic heterocycles. The van der Waals surface area contributed by atoms with Gasteiger partial charge in [-0.15, -0.1) is 0 Å². The van der Waals surface area contributed by atoms with Crippen LogP contribution >= 0.6 is 0 Å². The van der Waals surface area contributed by atoms with Crippen LogP contribution in [0.3, 0.4) is 0 Å². The van der Waals surface area contributed by atoms with Gasteiger partial charge in [0.25, 0.3) is 5.92 Å². The van der Waals surface area contributed by atoms with Gasteiger partial charge in [0.1, 0.15) is 11.8 Å². The summed E-state index contributed by atoms with van der Waals surface area (Å²) in [6, 6.07) is 8.35. The summed E-state index contributed by atoms with van der Waals surface area (Å²) >= 11 is 0. The highest BCUT2D eigenvalue weighted by Crippen LogP contribution is 2.37. The van der Waals surface area contributed by atoms with E-state index in [1.165, 1.54) is 25.4 Å². The molecule has 9 heteroatoms. The van der Waals surface area contributed by atoms with Crippen LogP contribution in [0.1, 0.15) is 36.9 Å². The van der Waals surface area contributed by atoms with Gasteiger partial charge in [-0.2, -0.15) is 5.26 Å². The van der Waals surface area contributed by atoms with E-state index in [1.54, 1.807) is 17.2 Å². The molecule has 1 unspecified atom stereocenters. The van der Waals surface area contributed by atoms with Crippen molar-refractivity contribution in [1.29, 1.82) is 5.26 Å². The number of ether oxygens (including phenoxy) is 1. The van der Waals surface area contributed by atoms with Crippen LogP contribution in [-0.4, -0.2) is 53.1 Å². The quantitative estimate of drug-likeness (QED) is 0.705. The highest BCUT2D eigenvalue weighted by molar-refractivity contribution is 5.77. The summed E-state index contributed by atoms with van der Waals surface area (Å²) in [5.41, 5.74) is 1.07. The molecule has 162 valence electrons. The summed E-state index contributed by atoms with van der Waals surface area (Å²) in [6.45, 7) is 0.988. The lowest BCUT2D eigenvalue weighted by Crippen LogP contribution is -2.55. The number of halogens is 2. The van der Waals surface area contributed by atoms with E-state index in [0.717, 1.165) is 18.5 Å². The fraction of sp³-hybridized carbons (Fsp3) is 0.455. The number of alkyl halides is 2. The lowest BCUT2D eigenvalue weighted by atomic mass is 10.0. The van der Waals surface area contributed by atoms with Crippen LogP contribution in [-0.2, 0) is 10.7 Å². The molecule has 2 aromatic rings. The van der Waals surface area contributed by atoms with Crippen LogP contribution < -0.4 is 9.64 Å². The Morgan fingerprint density at radius 2 is 1.94 bits per heavy atom. The molecule has 0 saturated carbocycles. The molecule has 0 aliphatic carbocycles. The average molecular weight is 427 g/mol. The highest BCUT2D eigenvalue weighted by Gasteiger charge is 2.42.